The van der Waals surface area contributed by atoms with Gasteiger partial charge in [-0.05, 0) is 62.1 Å². The molecule has 1 spiro atoms. The van der Waals surface area contributed by atoms with Crippen LogP contribution in [-0.2, 0) is 11.2 Å². The number of carbonyl (C=O) groups is 1. The summed E-state index contributed by atoms with van der Waals surface area (Å²) in [7, 11) is 1.64. The summed E-state index contributed by atoms with van der Waals surface area (Å²) in [5, 5.41) is 16.7. The van der Waals surface area contributed by atoms with E-state index < -0.39 is 6.10 Å². The van der Waals surface area contributed by atoms with E-state index in [0.29, 0.717) is 11.7 Å². The Morgan fingerprint density at radius 1 is 1.17 bits per heavy atom. The fourth-order valence-corrected chi connectivity index (χ4v) is 6.35. The Morgan fingerprint density at radius 3 is 2.72 bits per heavy atom. The van der Waals surface area contributed by atoms with Crippen LogP contribution in [0.25, 0.3) is 11.3 Å². The highest BCUT2D eigenvalue weighted by Gasteiger charge is 2.49. The Kier molecular flexibility index (Phi) is 7.67. The Balaban J connectivity index is 1.13. The molecule has 0 unspecified atom stereocenters. The molecule has 8 heteroatoms. The number of likely N-dealkylation sites (tertiary alicyclic amines) is 2. The second-order valence-corrected chi connectivity index (χ2v) is 10.6. The summed E-state index contributed by atoms with van der Waals surface area (Å²) < 4.78 is 5.21. The topological polar surface area (TPSA) is 77.9 Å². The van der Waals surface area contributed by atoms with E-state index in [9.17, 15) is 9.90 Å². The summed E-state index contributed by atoms with van der Waals surface area (Å²) in [4.78, 5) is 21.9. The van der Waals surface area contributed by atoms with Gasteiger partial charge in [0.1, 0.15) is 5.75 Å². The number of benzene rings is 2. The molecule has 190 valence electrons. The van der Waals surface area contributed by atoms with Gasteiger partial charge in [0.05, 0.1) is 25.5 Å². The van der Waals surface area contributed by atoms with E-state index in [2.05, 4.69) is 44.4 Å². The van der Waals surface area contributed by atoms with Crippen molar-refractivity contribution in [2.24, 2.45) is 0 Å². The average molecular weight is 507 g/mol. The van der Waals surface area contributed by atoms with Crippen LogP contribution in [0.15, 0.2) is 60.0 Å². The number of nitrogens with zero attached hydrogens (tertiary/aromatic N) is 3. The number of aromatic nitrogens is 1. The van der Waals surface area contributed by atoms with Gasteiger partial charge in [0.25, 0.3) is 0 Å². The van der Waals surface area contributed by atoms with Crippen LogP contribution in [0.3, 0.4) is 0 Å². The zero-order valence-corrected chi connectivity index (χ0v) is 21.5. The van der Waals surface area contributed by atoms with E-state index in [-0.39, 0.29) is 18.0 Å². The summed E-state index contributed by atoms with van der Waals surface area (Å²) in [5.74, 6) is 0.700. The van der Waals surface area contributed by atoms with Crippen LogP contribution < -0.4 is 10.1 Å². The number of carbonyl (C=O) groups excluding carboxylic acids is 1. The van der Waals surface area contributed by atoms with Crippen LogP contribution in [0.2, 0.25) is 0 Å². The normalized spacial score (nSPS) is 22.7. The van der Waals surface area contributed by atoms with Gasteiger partial charge in [0.2, 0.25) is 5.91 Å². The maximum Gasteiger partial charge on any atom is 0.240 e. The van der Waals surface area contributed by atoms with Crippen molar-refractivity contribution in [2.45, 2.75) is 37.3 Å². The molecule has 0 radical (unpaired) electrons. The summed E-state index contributed by atoms with van der Waals surface area (Å²) in [6.45, 7) is 3.58. The first-order valence-corrected chi connectivity index (χ1v) is 13.5. The molecular formula is C28H34N4O3S. The van der Waals surface area contributed by atoms with Crippen molar-refractivity contribution in [2.75, 3.05) is 45.2 Å². The predicted octanol–water partition coefficient (Wildman–Crippen LogP) is 3.90. The van der Waals surface area contributed by atoms with Gasteiger partial charge in [0, 0.05) is 36.1 Å². The molecule has 2 atom stereocenters. The quantitative estimate of drug-likeness (QED) is 0.483. The smallest absolute Gasteiger partial charge is 0.240 e. The predicted molar refractivity (Wildman–Crippen MR) is 143 cm³/mol. The number of aliphatic hydroxyl groups excluding tert-OH is 1. The molecule has 2 aromatic carbocycles. The van der Waals surface area contributed by atoms with Crippen LogP contribution in [0.5, 0.6) is 5.75 Å². The first kappa shape index (κ1) is 24.9. The van der Waals surface area contributed by atoms with Crippen molar-refractivity contribution in [1.29, 1.82) is 0 Å². The van der Waals surface area contributed by atoms with Gasteiger partial charge in [-0.1, -0.05) is 30.3 Å². The summed E-state index contributed by atoms with van der Waals surface area (Å²) in [6, 6.07) is 18.3. The van der Waals surface area contributed by atoms with E-state index in [1.807, 2.05) is 35.7 Å². The van der Waals surface area contributed by atoms with E-state index >= 15 is 0 Å². The van der Waals surface area contributed by atoms with Crippen LogP contribution in [0, 0.1) is 0 Å². The third-order valence-electron chi connectivity index (χ3n) is 7.60. The molecule has 3 heterocycles. The lowest BCUT2D eigenvalue weighted by Crippen LogP contribution is -2.62. The molecular weight excluding hydrogens is 472 g/mol. The molecule has 0 aliphatic carbocycles. The fraction of sp³-hybridized carbons (Fsp3) is 0.429. The van der Waals surface area contributed by atoms with Crippen molar-refractivity contribution >= 4 is 22.4 Å². The maximum atomic E-state index is 12.8. The Hall–Kier alpha value is -2.78. The van der Waals surface area contributed by atoms with Gasteiger partial charge in [-0.3, -0.25) is 14.6 Å². The van der Waals surface area contributed by atoms with Crippen molar-refractivity contribution in [3.8, 4) is 17.0 Å². The average Bonchev–Trinajstić information content (AvgIpc) is 3.53. The first-order valence-electron chi connectivity index (χ1n) is 12.6. The zero-order valence-electron chi connectivity index (χ0n) is 20.7. The number of rotatable bonds is 8. The van der Waals surface area contributed by atoms with Gasteiger partial charge in [-0.2, -0.15) is 0 Å². The summed E-state index contributed by atoms with van der Waals surface area (Å²) in [6.07, 6.45) is 3.56. The minimum Gasteiger partial charge on any atom is -0.497 e. The number of nitrogens with one attached hydrogen (secondary N) is 1. The standard InChI is InChI=1S/C28H34N4O3S/c1-35-23-10-8-22(9-11-23)24-20-36-27(29-24)30-26(34)19-31-17-14-28(25(33)18-31)13-5-15-32(28)16-12-21-6-3-2-4-7-21/h2-4,6-11,20,25,33H,5,12-19H2,1H3,(H,29,30,34)/t25-,28-/m0/s1. The number of methoxy groups -OCH3 is 1. The van der Waals surface area contributed by atoms with Gasteiger partial charge in [-0.15, -0.1) is 11.3 Å². The molecule has 7 nitrogen and oxygen atoms in total. The SMILES string of the molecule is COc1ccc(-c2csc(NC(=O)CN3CC[C@@]4(CCCN4CCc4ccccc4)[C@@H](O)C3)n2)cc1. The number of piperidine rings is 1. The summed E-state index contributed by atoms with van der Waals surface area (Å²) in [5.41, 5.74) is 2.97. The molecule has 0 saturated carbocycles. The monoisotopic (exact) mass is 506 g/mol. The maximum absolute atomic E-state index is 12.8. The second kappa shape index (κ2) is 11.1. The van der Waals surface area contributed by atoms with Crippen molar-refractivity contribution in [3.05, 3.63) is 65.5 Å². The van der Waals surface area contributed by atoms with Crippen LogP contribution >= 0.6 is 11.3 Å². The Morgan fingerprint density at radius 2 is 1.97 bits per heavy atom. The van der Waals surface area contributed by atoms with Gasteiger partial charge >= 0.3 is 0 Å². The third kappa shape index (κ3) is 5.47. The lowest BCUT2D eigenvalue weighted by atomic mass is 9.82. The second-order valence-electron chi connectivity index (χ2n) is 9.75. The number of aliphatic hydroxyl groups is 1. The Bertz CT molecular complexity index is 1150. The third-order valence-corrected chi connectivity index (χ3v) is 8.35. The zero-order chi connectivity index (χ0) is 25.0. The minimum absolute atomic E-state index is 0.0962. The van der Waals surface area contributed by atoms with E-state index in [1.54, 1.807) is 7.11 Å². The van der Waals surface area contributed by atoms with Crippen molar-refractivity contribution in [3.63, 3.8) is 0 Å². The lowest BCUT2D eigenvalue weighted by molar-refractivity contribution is -0.120. The number of anilines is 1. The molecule has 0 bridgehead atoms. The number of thiazole rings is 1. The molecule has 2 N–H and O–H groups in total. The molecule has 2 fully saturated rings. The number of hydrogen-bond donors (Lipinski definition) is 2. The molecule has 2 aliphatic heterocycles. The van der Waals surface area contributed by atoms with Gasteiger partial charge in [0.15, 0.2) is 5.13 Å². The fourth-order valence-electron chi connectivity index (χ4n) is 5.62. The molecule has 2 saturated heterocycles. The number of amides is 1. The highest BCUT2D eigenvalue weighted by molar-refractivity contribution is 7.14. The number of hydrogen-bond acceptors (Lipinski definition) is 7. The highest BCUT2D eigenvalue weighted by atomic mass is 32.1. The lowest BCUT2D eigenvalue weighted by Gasteiger charge is -2.48. The van der Waals surface area contributed by atoms with Crippen molar-refractivity contribution < 1.29 is 14.6 Å². The van der Waals surface area contributed by atoms with Gasteiger partial charge < -0.3 is 15.2 Å². The molecule has 3 aromatic rings. The van der Waals surface area contributed by atoms with Gasteiger partial charge in [-0.25, -0.2) is 4.98 Å². The van der Waals surface area contributed by atoms with Crippen LogP contribution in [-0.4, -0.2) is 77.3 Å². The van der Waals surface area contributed by atoms with E-state index in [0.717, 1.165) is 62.3 Å². The molecule has 5 rings (SSSR count). The summed E-state index contributed by atoms with van der Waals surface area (Å²) >= 11 is 1.42. The largest absolute Gasteiger partial charge is 0.497 e. The number of β-amino-alcohol motifs (C(OH)–C–C–N with tert-alkyl or cyclic N) is 1. The molecule has 36 heavy (non-hydrogen) atoms. The van der Waals surface area contributed by atoms with E-state index in [1.165, 1.54) is 16.9 Å². The molecule has 1 amide bonds. The molecule has 2 aliphatic rings. The minimum atomic E-state index is -0.459. The van der Waals surface area contributed by atoms with Crippen molar-refractivity contribution in [1.82, 2.24) is 14.8 Å². The molecule has 1 aromatic heterocycles. The van der Waals surface area contributed by atoms with E-state index in [4.69, 9.17) is 4.74 Å². The first-order chi connectivity index (χ1) is 17.6. The number of ether oxygens (including phenoxy) is 1. The highest BCUT2D eigenvalue weighted by Crippen LogP contribution is 2.38. The Labute approximate surface area is 216 Å². The van der Waals surface area contributed by atoms with Crippen LogP contribution in [0.4, 0.5) is 5.13 Å². The van der Waals surface area contributed by atoms with Crippen LogP contribution in [0.1, 0.15) is 24.8 Å².